The van der Waals surface area contributed by atoms with Crippen LogP contribution in [0.3, 0.4) is 0 Å². The molecule has 7 nitrogen and oxygen atoms in total. The summed E-state index contributed by atoms with van der Waals surface area (Å²) < 4.78 is 42.5. The minimum Gasteiger partial charge on any atom is -0.378 e. The number of nitriles is 1. The Hall–Kier alpha value is -2.28. The summed E-state index contributed by atoms with van der Waals surface area (Å²) in [7, 11) is 0. The zero-order valence-corrected chi connectivity index (χ0v) is 11.1. The zero-order chi connectivity index (χ0) is 15.7. The summed E-state index contributed by atoms with van der Waals surface area (Å²) in [6, 6.07) is 3.50. The lowest BCUT2D eigenvalue weighted by Gasteiger charge is -2.05. The Kier molecular flexibility index (Phi) is 6.48. The third-order valence-electron chi connectivity index (χ3n) is 2.15. The molecule has 0 aliphatic heterocycles. The second-order valence-corrected chi connectivity index (χ2v) is 3.93. The van der Waals surface area contributed by atoms with Gasteiger partial charge in [-0.25, -0.2) is 4.99 Å². The van der Waals surface area contributed by atoms with Crippen LogP contribution in [-0.2, 0) is 11.3 Å². The van der Waals surface area contributed by atoms with Crippen molar-refractivity contribution >= 4 is 11.8 Å². The maximum Gasteiger partial charge on any atom is 0.408 e. The number of guanidine groups is 1. The second kappa shape index (κ2) is 8.11. The van der Waals surface area contributed by atoms with E-state index in [1.165, 1.54) is 4.68 Å². The number of aromatic nitrogens is 2. The van der Waals surface area contributed by atoms with E-state index < -0.39 is 12.7 Å². The fraction of sp³-hybridized carbons (Fsp3) is 0.545. The molecule has 0 unspecified atom stereocenters. The molecular formula is C11H15F3N6O. The highest BCUT2D eigenvalue weighted by Gasteiger charge is 2.26. The highest BCUT2D eigenvalue weighted by molar-refractivity contribution is 5.91. The maximum atomic E-state index is 11.9. The predicted molar refractivity (Wildman–Crippen MR) is 69.4 cm³/mol. The number of ether oxygens (including phenoxy) is 1. The Bertz CT molecular complexity index is 505. The van der Waals surface area contributed by atoms with Gasteiger partial charge in [0.1, 0.15) is 6.54 Å². The van der Waals surface area contributed by atoms with E-state index in [0.717, 1.165) is 0 Å². The van der Waals surface area contributed by atoms with Gasteiger partial charge in [-0.1, -0.05) is 0 Å². The van der Waals surface area contributed by atoms with Crippen LogP contribution in [0, 0.1) is 11.3 Å². The first-order valence-corrected chi connectivity index (χ1v) is 6.02. The molecule has 21 heavy (non-hydrogen) atoms. The third-order valence-corrected chi connectivity index (χ3v) is 2.15. The number of halogens is 3. The Balaban J connectivity index is 2.36. The van der Waals surface area contributed by atoms with Crippen molar-refractivity contribution in [3.8, 4) is 6.07 Å². The minimum atomic E-state index is -4.40. The molecule has 0 saturated heterocycles. The molecule has 1 heterocycles. The molecule has 0 saturated carbocycles. The van der Waals surface area contributed by atoms with Crippen molar-refractivity contribution in [1.29, 1.82) is 5.26 Å². The van der Waals surface area contributed by atoms with Crippen LogP contribution in [0.2, 0.25) is 0 Å². The topological polar surface area (TPSA) is 101 Å². The molecule has 0 atom stereocenters. The van der Waals surface area contributed by atoms with E-state index in [9.17, 15) is 13.2 Å². The van der Waals surface area contributed by atoms with Crippen LogP contribution in [0.15, 0.2) is 17.3 Å². The normalized spacial score (nSPS) is 12.2. The SMILES string of the molecule is N#CCCOCCn1ccc(N/C(N)=N\CC(F)(F)F)n1. The molecule has 1 aromatic heterocycles. The fourth-order valence-corrected chi connectivity index (χ4v) is 1.28. The van der Waals surface area contributed by atoms with Gasteiger partial charge in [-0.05, 0) is 0 Å². The van der Waals surface area contributed by atoms with Gasteiger partial charge < -0.3 is 15.8 Å². The average Bonchev–Trinajstić information content (AvgIpc) is 2.83. The van der Waals surface area contributed by atoms with Crippen molar-refractivity contribution < 1.29 is 17.9 Å². The summed E-state index contributed by atoms with van der Waals surface area (Å²) in [4.78, 5) is 3.15. The molecule has 0 bridgehead atoms. The Morgan fingerprint density at radius 2 is 2.29 bits per heavy atom. The summed E-state index contributed by atoms with van der Waals surface area (Å²) in [5.74, 6) is -0.0710. The molecule has 0 fully saturated rings. The van der Waals surface area contributed by atoms with Gasteiger partial charge in [0, 0.05) is 12.3 Å². The smallest absolute Gasteiger partial charge is 0.378 e. The van der Waals surface area contributed by atoms with E-state index in [1.807, 2.05) is 6.07 Å². The van der Waals surface area contributed by atoms with Crippen molar-refractivity contribution in [3.63, 3.8) is 0 Å². The Labute approximate surface area is 119 Å². The van der Waals surface area contributed by atoms with Crippen molar-refractivity contribution in [2.45, 2.75) is 19.1 Å². The molecule has 0 spiro atoms. The molecule has 0 aliphatic rings. The van der Waals surface area contributed by atoms with E-state index in [1.54, 1.807) is 12.3 Å². The minimum absolute atomic E-state index is 0.287. The molecule has 1 rings (SSSR count). The molecule has 0 amide bonds. The number of nitrogens with zero attached hydrogens (tertiary/aromatic N) is 4. The molecule has 10 heteroatoms. The van der Waals surface area contributed by atoms with Crippen LogP contribution in [0.1, 0.15) is 6.42 Å². The van der Waals surface area contributed by atoms with E-state index >= 15 is 0 Å². The van der Waals surface area contributed by atoms with Gasteiger partial charge in [-0.3, -0.25) is 4.68 Å². The molecule has 0 radical (unpaired) electrons. The number of nitrogens with one attached hydrogen (secondary N) is 1. The van der Waals surface area contributed by atoms with Crippen LogP contribution in [-0.4, -0.2) is 41.7 Å². The van der Waals surface area contributed by atoms with E-state index in [2.05, 4.69) is 15.4 Å². The number of rotatable bonds is 7. The van der Waals surface area contributed by atoms with Crippen LogP contribution >= 0.6 is 0 Å². The summed E-state index contributed by atoms with van der Waals surface area (Å²) >= 11 is 0. The van der Waals surface area contributed by atoms with Gasteiger partial charge in [-0.15, -0.1) is 0 Å². The van der Waals surface area contributed by atoms with Crippen molar-refractivity contribution in [3.05, 3.63) is 12.3 Å². The van der Waals surface area contributed by atoms with Crippen molar-refractivity contribution in [2.24, 2.45) is 10.7 Å². The van der Waals surface area contributed by atoms with Crippen LogP contribution < -0.4 is 11.1 Å². The second-order valence-electron chi connectivity index (χ2n) is 3.93. The molecule has 3 N–H and O–H groups in total. The number of anilines is 1. The lowest BCUT2D eigenvalue weighted by Crippen LogP contribution is -2.25. The first kappa shape index (κ1) is 16.8. The lowest BCUT2D eigenvalue weighted by atomic mass is 10.5. The monoisotopic (exact) mass is 304 g/mol. The third kappa shape index (κ3) is 7.78. The maximum absolute atomic E-state index is 11.9. The molecule has 1 aromatic rings. The molecule has 0 aliphatic carbocycles. The molecular weight excluding hydrogens is 289 g/mol. The predicted octanol–water partition coefficient (Wildman–Crippen LogP) is 1.10. The van der Waals surface area contributed by atoms with Crippen LogP contribution in [0.5, 0.6) is 0 Å². The van der Waals surface area contributed by atoms with Gasteiger partial charge in [0.05, 0.1) is 32.2 Å². The quantitative estimate of drug-likeness (QED) is 0.446. The lowest BCUT2D eigenvalue weighted by molar-refractivity contribution is -0.118. The summed E-state index contributed by atoms with van der Waals surface area (Å²) in [5, 5.41) is 14.8. The van der Waals surface area contributed by atoms with E-state index in [4.69, 9.17) is 15.7 Å². The number of alkyl halides is 3. The number of nitrogens with two attached hydrogens (primary N) is 1. The highest BCUT2D eigenvalue weighted by Crippen LogP contribution is 2.14. The van der Waals surface area contributed by atoms with Crippen molar-refractivity contribution in [2.75, 3.05) is 25.1 Å². The first-order valence-electron chi connectivity index (χ1n) is 6.02. The highest BCUT2D eigenvalue weighted by atomic mass is 19.4. The fourth-order valence-electron chi connectivity index (χ4n) is 1.28. The zero-order valence-electron chi connectivity index (χ0n) is 11.1. The first-order chi connectivity index (χ1) is 9.90. The van der Waals surface area contributed by atoms with Gasteiger partial charge >= 0.3 is 6.18 Å². The Morgan fingerprint density at radius 3 is 2.95 bits per heavy atom. The van der Waals surface area contributed by atoms with Gasteiger partial charge in [0.2, 0.25) is 0 Å². The molecule has 116 valence electrons. The molecule has 0 aromatic carbocycles. The van der Waals surface area contributed by atoms with Gasteiger partial charge in [0.15, 0.2) is 11.8 Å². The summed E-state index contributed by atoms with van der Waals surface area (Å²) in [6.45, 7) is -0.174. The standard InChI is InChI=1S/C11H15F3N6O/c12-11(13,14)8-17-10(16)18-9-2-4-20(19-9)5-7-21-6-1-3-15/h2,4H,1,5-8H2,(H3,16,17,18,19). The number of hydrogen-bond donors (Lipinski definition) is 2. The largest absolute Gasteiger partial charge is 0.408 e. The van der Waals surface area contributed by atoms with E-state index in [0.29, 0.717) is 26.2 Å². The summed E-state index contributed by atoms with van der Waals surface area (Å²) in [6.07, 6.45) is -2.46. The van der Waals surface area contributed by atoms with Crippen LogP contribution in [0.25, 0.3) is 0 Å². The Morgan fingerprint density at radius 1 is 1.52 bits per heavy atom. The van der Waals surface area contributed by atoms with Gasteiger partial charge in [0.25, 0.3) is 0 Å². The van der Waals surface area contributed by atoms with E-state index in [-0.39, 0.29) is 11.8 Å². The van der Waals surface area contributed by atoms with Crippen LogP contribution in [0.4, 0.5) is 19.0 Å². The number of hydrogen-bond acceptors (Lipinski definition) is 4. The average molecular weight is 304 g/mol. The summed E-state index contributed by atoms with van der Waals surface area (Å²) in [5.41, 5.74) is 5.31. The van der Waals surface area contributed by atoms with Gasteiger partial charge in [-0.2, -0.15) is 23.5 Å². The van der Waals surface area contributed by atoms with Crippen molar-refractivity contribution in [1.82, 2.24) is 9.78 Å². The number of aliphatic imine (C=N–C) groups is 1.